The van der Waals surface area contributed by atoms with Gasteiger partial charge < -0.3 is 10.5 Å². The van der Waals surface area contributed by atoms with Gasteiger partial charge in [0, 0.05) is 6.54 Å². The van der Waals surface area contributed by atoms with Crippen molar-refractivity contribution in [2.24, 2.45) is 17.1 Å². The molecule has 0 fully saturated rings. The van der Waals surface area contributed by atoms with E-state index in [1.807, 2.05) is 6.92 Å². The maximum Gasteiger partial charge on any atom is 0.312 e. The molecule has 3 nitrogen and oxygen atoms in total. The maximum atomic E-state index is 11.4. The van der Waals surface area contributed by atoms with Gasteiger partial charge in [0.1, 0.15) is 0 Å². The third-order valence-electron chi connectivity index (χ3n) is 2.40. The summed E-state index contributed by atoms with van der Waals surface area (Å²) in [6, 6.07) is 0. The number of hydrogen-bond donors (Lipinski definition) is 1. The van der Waals surface area contributed by atoms with Crippen LogP contribution in [0.5, 0.6) is 0 Å². The van der Waals surface area contributed by atoms with E-state index < -0.39 is 5.41 Å². The van der Waals surface area contributed by atoms with E-state index in [1.165, 1.54) is 7.11 Å². The van der Waals surface area contributed by atoms with E-state index in [9.17, 15) is 4.79 Å². The highest BCUT2D eigenvalue weighted by molar-refractivity contribution is 5.76. The van der Waals surface area contributed by atoms with Gasteiger partial charge in [-0.2, -0.15) is 0 Å². The Morgan fingerprint density at radius 3 is 2.38 bits per heavy atom. The van der Waals surface area contributed by atoms with Crippen molar-refractivity contribution in [2.75, 3.05) is 13.7 Å². The number of carbonyl (C=O) groups excluding carboxylic acids is 1. The SMILES string of the molecule is COC(=O)C(C)(CN)CCC(C)C. The van der Waals surface area contributed by atoms with Crippen LogP contribution in [0.25, 0.3) is 0 Å². The van der Waals surface area contributed by atoms with Crippen LogP contribution >= 0.6 is 0 Å². The summed E-state index contributed by atoms with van der Waals surface area (Å²) in [5.74, 6) is 0.395. The summed E-state index contributed by atoms with van der Waals surface area (Å²) in [6.45, 7) is 6.48. The van der Waals surface area contributed by atoms with Crippen LogP contribution in [0.3, 0.4) is 0 Å². The molecule has 0 aliphatic carbocycles. The summed E-state index contributed by atoms with van der Waals surface area (Å²) >= 11 is 0. The third kappa shape index (κ3) is 3.77. The van der Waals surface area contributed by atoms with Gasteiger partial charge in [0.05, 0.1) is 12.5 Å². The number of esters is 1. The van der Waals surface area contributed by atoms with Crippen molar-refractivity contribution >= 4 is 5.97 Å². The van der Waals surface area contributed by atoms with Crippen LogP contribution in [0, 0.1) is 11.3 Å². The molecule has 1 atom stereocenters. The Morgan fingerprint density at radius 2 is 2.08 bits per heavy atom. The molecular formula is C10H21NO2. The normalized spacial score (nSPS) is 15.5. The summed E-state index contributed by atoms with van der Waals surface area (Å²) in [6.07, 6.45) is 1.80. The molecule has 0 saturated carbocycles. The topological polar surface area (TPSA) is 52.3 Å². The predicted octanol–water partition coefficient (Wildman–Crippen LogP) is 1.56. The van der Waals surface area contributed by atoms with Gasteiger partial charge in [0.15, 0.2) is 0 Å². The van der Waals surface area contributed by atoms with Crippen LogP contribution in [-0.2, 0) is 9.53 Å². The molecule has 0 bridgehead atoms. The first kappa shape index (κ1) is 12.4. The highest BCUT2D eigenvalue weighted by atomic mass is 16.5. The van der Waals surface area contributed by atoms with Crippen LogP contribution in [0.15, 0.2) is 0 Å². The standard InChI is InChI=1S/C10H21NO2/c1-8(2)5-6-10(3,7-11)9(12)13-4/h8H,5-7,11H2,1-4H3. The van der Waals surface area contributed by atoms with Crippen molar-refractivity contribution in [3.8, 4) is 0 Å². The number of carbonyl (C=O) groups is 1. The highest BCUT2D eigenvalue weighted by Crippen LogP contribution is 2.25. The van der Waals surface area contributed by atoms with Crippen LogP contribution in [0.1, 0.15) is 33.6 Å². The van der Waals surface area contributed by atoms with Crippen molar-refractivity contribution in [1.82, 2.24) is 0 Å². The highest BCUT2D eigenvalue weighted by Gasteiger charge is 2.32. The van der Waals surface area contributed by atoms with Crippen molar-refractivity contribution < 1.29 is 9.53 Å². The van der Waals surface area contributed by atoms with Gasteiger partial charge >= 0.3 is 5.97 Å². The molecule has 0 aliphatic rings. The summed E-state index contributed by atoms with van der Waals surface area (Å²) in [5.41, 5.74) is 5.07. The average molecular weight is 187 g/mol. The smallest absolute Gasteiger partial charge is 0.312 e. The second kappa shape index (κ2) is 5.22. The van der Waals surface area contributed by atoms with Crippen molar-refractivity contribution in [1.29, 1.82) is 0 Å². The minimum atomic E-state index is -0.501. The first-order valence-electron chi connectivity index (χ1n) is 4.74. The molecule has 0 spiro atoms. The lowest BCUT2D eigenvalue weighted by atomic mass is 9.83. The fourth-order valence-electron chi connectivity index (χ4n) is 1.14. The van der Waals surface area contributed by atoms with Gasteiger partial charge in [-0.05, 0) is 25.7 Å². The monoisotopic (exact) mass is 187 g/mol. The molecule has 0 heterocycles. The fraction of sp³-hybridized carbons (Fsp3) is 0.900. The number of ether oxygens (including phenoxy) is 1. The molecule has 0 aromatic rings. The Bertz CT molecular complexity index is 168. The second-order valence-electron chi connectivity index (χ2n) is 4.19. The van der Waals surface area contributed by atoms with Crippen LogP contribution < -0.4 is 5.73 Å². The van der Waals surface area contributed by atoms with E-state index in [2.05, 4.69) is 13.8 Å². The molecule has 0 amide bonds. The fourth-order valence-corrected chi connectivity index (χ4v) is 1.14. The average Bonchev–Trinajstić information content (AvgIpc) is 2.12. The van der Waals surface area contributed by atoms with Gasteiger partial charge in [0.2, 0.25) is 0 Å². The first-order chi connectivity index (χ1) is 5.96. The first-order valence-corrected chi connectivity index (χ1v) is 4.74. The molecule has 0 saturated heterocycles. The van der Waals surface area contributed by atoms with Crippen molar-refractivity contribution in [2.45, 2.75) is 33.6 Å². The molecule has 0 radical (unpaired) electrons. The molecule has 0 aromatic heterocycles. The van der Waals surface area contributed by atoms with Crippen LogP contribution in [0.2, 0.25) is 0 Å². The van der Waals surface area contributed by atoms with Gasteiger partial charge in [-0.25, -0.2) is 0 Å². The number of hydrogen-bond acceptors (Lipinski definition) is 3. The lowest BCUT2D eigenvalue weighted by molar-refractivity contribution is -0.151. The minimum absolute atomic E-state index is 0.198. The predicted molar refractivity (Wildman–Crippen MR) is 53.2 cm³/mol. The number of methoxy groups -OCH3 is 1. The zero-order valence-electron chi connectivity index (χ0n) is 9.09. The Balaban J connectivity index is 4.19. The summed E-state index contributed by atoms with van der Waals surface area (Å²) in [7, 11) is 1.41. The molecule has 0 aliphatic heterocycles. The van der Waals surface area contributed by atoms with E-state index in [0.29, 0.717) is 12.5 Å². The second-order valence-corrected chi connectivity index (χ2v) is 4.19. The zero-order valence-corrected chi connectivity index (χ0v) is 9.09. The summed E-state index contributed by atoms with van der Waals surface area (Å²) in [5, 5.41) is 0. The lowest BCUT2D eigenvalue weighted by Crippen LogP contribution is -2.37. The Hall–Kier alpha value is -0.570. The van der Waals surface area contributed by atoms with Crippen LogP contribution in [0.4, 0.5) is 0 Å². The van der Waals surface area contributed by atoms with E-state index in [0.717, 1.165) is 12.8 Å². The van der Waals surface area contributed by atoms with E-state index in [-0.39, 0.29) is 5.97 Å². The quantitative estimate of drug-likeness (QED) is 0.664. The molecule has 3 heteroatoms. The summed E-state index contributed by atoms with van der Waals surface area (Å²) < 4.78 is 4.72. The largest absolute Gasteiger partial charge is 0.469 e. The molecule has 13 heavy (non-hydrogen) atoms. The van der Waals surface area contributed by atoms with Gasteiger partial charge in [-0.15, -0.1) is 0 Å². The number of rotatable bonds is 5. The van der Waals surface area contributed by atoms with E-state index >= 15 is 0 Å². The van der Waals surface area contributed by atoms with E-state index in [4.69, 9.17) is 10.5 Å². The molecule has 0 aromatic carbocycles. The summed E-state index contributed by atoms with van der Waals surface area (Å²) in [4.78, 5) is 11.4. The van der Waals surface area contributed by atoms with Gasteiger partial charge in [0.25, 0.3) is 0 Å². The molecule has 0 rings (SSSR count). The molecule has 2 N–H and O–H groups in total. The van der Waals surface area contributed by atoms with Gasteiger partial charge in [-0.1, -0.05) is 13.8 Å². The molecule has 78 valence electrons. The maximum absolute atomic E-state index is 11.4. The molecular weight excluding hydrogens is 166 g/mol. The Labute approximate surface area is 80.6 Å². The third-order valence-corrected chi connectivity index (χ3v) is 2.40. The molecule has 1 unspecified atom stereocenters. The van der Waals surface area contributed by atoms with Crippen molar-refractivity contribution in [3.05, 3.63) is 0 Å². The van der Waals surface area contributed by atoms with Crippen LogP contribution in [-0.4, -0.2) is 19.6 Å². The minimum Gasteiger partial charge on any atom is -0.469 e. The Morgan fingerprint density at radius 1 is 1.54 bits per heavy atom. The number of nitrogens with two attached hydrogens (primary N) is 1. The lowest BCUT2D eigenvalue weighted by Gasteiger charge is -2.25. The zero-order chi connectivity index (χ0) is 10.5. The Kier molecular flexibility index (Phi) is 4.99. The van der Waals surface area contributed by atoms with Gasteiger partial charge in [-0.3, -0.25) is 4.79 Å². The van der Waals surface area contributed by atoms with E-state index in [1.54, 1.807) is 0 Å². The van der Waals surface area contributed by atoms with Crippen molar-refractivity contribution in [3.63, 3.8) is 0 Å².